The first-order chi connectivity index (χ1) is 9.45. The Balaban J connectivity index is 2.79. The lowest BCUT2D eigenvalue weighted by atomic mass is 9.96. The van der Waals surface area contributed by atoms with Gasteiger partial charge >= 0.3 is 5.97 Å². The van der Waals surface area contributed by atoms with Crippen LogP contribution in [0.2, 0.25) is 0 Å². The van der Waals surface area contributed by atoms with Crippen LogP contribution in [0, 0.1) is 0 Å². The van der Waals surface area contributed by atoms with Crippen molar-refractivity contribution in [3.63, 3.8) is 0 Å². The van der Waals surface area contributed by atoms with Gasteiger partial charge in [-0.05, 0) is 24.4 Å². The Morgan fingerprint density at radius 3 is 2.25 bits per heavy atom. The van der Waals surface area contributed by atoms with Crippen LogP contribution in [0.5, 0.6) is 0 Å². The van der Waals surface area contributed by atoms with E-state index < -0.39 is 12.0 Å². The Morgan fingerprint density at radius 2 is 1.80 bits per heavy atom. The van der Waals surface area contributed by atoms with Crippen molar-refractivity contribution in [1.82, 2.24) is 5.32 Å². The summed E-state index contributed by atoms with van der Waals surface area (Å²) < 4.78 is 0. The first-order valence-corrected chi connectivity index (χ1v) is 7.05. The van der Waals surface area contributed by atoms with Gasteiger partial charge in [0, 0.05) is 12.0 Å². The number of benzene rings is 1. The molecule has 0 bridgehead atoms. The molecule has 110 valence electrons. The second-order valence-electron chi connectivity index (χ2n) is 5.18. The van der Waals surface area contributed by atoms with Crippen molar-refractivity contribution in [3.05, 3.63) is 35.4 Å². The van der Waals surface area contributed by atoms with E-state index in [1.54, 1.807) is 0 Å². The van der Waals surface area contributed by atoms with Gasteiger partial charge in [0.25, 0.3) is 0 Å². The van der Waals surface area contributed by atoms with Gasteiger partial charge in [-0.25, -0.2) is 0 Å². The zero-order valence-electron chi connectivity index (χ0n) is 12.3. The second kappa shape index (κ2) is 7.80. The highest BCUT2D eigenvalue weighted by molar-refractivity contribution is 6.00. The maximum absolute atomic E-state index is 12.4. The number of likely N-dealkylation sites (N-methyl/N-ethyl adjacent to an activating group) is 1. The molecular formula is C16H23NO3. The van der Waals surface area contributed by atoms with Crippen molar-refractivity contribution in [2.24, 2.45) is 0 Å². The molecule has 1 rings (SSSR count). The third-order valence-electron chi connectivity index (χ3n) is 3.28. The molecule has 1 aromatic rings. The topological polar surface area (TPSA) is 66.4 Å². The maximum atomic E-state index is 12.4. The van der Waals surface area contributed by atoms with E-state index in [0.29, 0.717) is 24.4 Å². The molecule has 0 saturated carbocycles. The van der Waals surface area contributed by atoms with Crippen molar-refractivity contribution in [3.8, 4) is 0 Å². The molecule has 0 spiro atoms. The average Bonchev–Trinajstić information content (AvgIpc) is 2.42. The highest BCUT2D eigenvalue weighted by Gasteiger charge is 2.20. The number of Topliss-reactive ketones (excluding diaryl/α,β-unsaturated/α-hetero) is 1. The fourth-order valence-electron chi connectivity index (χ4n) is 2.07. The van der Waals surface area contributed by atoms with Gasteiger partial charge in [0.2, 0.25) is 0 Å². The summed E-state index contributed by atoms with van der Waals surface area (Å²) in [5.41, 5.74) is 1.82. The standard InChI is InChI=1S/C16H23NO3/c1-4-17-14(9-10-15(18)19)16(20)13-7-5-12(6-8-13)11(2)3/h5-8,11,14,17H,4,9-10H2,1-3H3,(H,18,19). The lowest BCUT2D eigenvalue weighted by Gasteiger charge is -2.16. The molecule has 0 aliphatic rings. The summed E-state index contributed by atoms with van der Waals surface area (Å²) in [5.74, 6) is -0.491. The normalized spacial score (nSPS) is 12.4. The van der Waals surface area contributed by atoms with Crippen molar-refractivity contribution in [2.75, 3.05) is 6.54 Å². The van der Waals surface area contributed by atoms with Crippen LogP contribution in [0.1, 0.15) is 55.5 Å². The van der Waals surface area contributed by atoms with Crippen molar-refractivity contribution in [1.29, 1.82) is 0 Å². The smallest absolute Gasteiger partial charge is 0.303 e. The zero-order valence-corrected chi connectivity index (χ0v) is 12.3. The van der Waals surface area contributed by atoms with Gasteiger partial charge in [0.15, 0.2) is 5.78 Å². The number of carboxylic acids is 1. The quantitative estimate of drug-likeness (QED) is 0.717. The van der Waals surface area contributed by atoms with Crippen LogP contribution in [0.3, 0.4) is 0 Å². The Hall–Kier alpha value is -1.68. The van der Waals surface area contributed by atoms with Gasteiger partial charge in [0.1, 0.15) is 0 Å². The predicted molar refractivity (Wildman–Crippen MR) is 79.2 cm³/mol. The van der Waals surface area contributed by atoms with Gasteiger partial charge in [0.05, 0.1) is 6.04 Å². The van der Waals surface area contributed by atoms with E-state index in [4.69, 9.17) is 5.11 Å². The van der Waals surface area contributed by atoms with Crippen LogP contribution in [-0.4, -0.2) is 29.4 Å². The number of nitrogens with one attached hydrogen (secondary N) is 1. The van der Waals surface area contributed by atoms with Crippen LogP contribution in [-0.2, 0) is 4.79 Å². The van der Waals surface area contributed by atoms with Gasteiger partial charge in [-0.15, -0.1) is 0 Å². The first-order valence-electron chi connectivity index (χ1n) is 7.05. The average molecular weight is 277 g/mol. The number of hydrogen-bond acceptors (Lipinski definition) is 3. The molecule has 1 unspecified atom stereocenters. The van der Waals surface area contributed by atoms with Crippen LogP contribution in [0.25, 0.3) is 0 Å². The highest BCUT2D eigenvalue weighted by atomic mass is 16.4. The minimum atomic E-state index is -0.879. The van der Waals surface area contributed by atoms with Crippen LogP contribution in [0.4, 0.5) is 0 Å². The van der Waals surface area contributed by atoms with Crippen molar-refractivity contribution < 1.29 is 14.7 Å². The van der Waals surface area contributed by atoms with Crippen LogP contribution < -0.4 is 5.32 Å². The molecule has 20 heavy (non-hydrogen) atoms. The maximum Gasteiger partial charge on any atom is 0.303 e. The summed E-state index contributed by atoms with van der Waals surface area (Å²) in [7, 11) is 0. The Morgan fingerprint density at radius 1 is 1.20 bits per heavy atom. The molecule has 0 heterocycles. The minimum absolute atomic E-state index is 0.00646. The molecule has 0 saturated heterocycles. The molecule has 0 amide bonds. The molecule has 0 aliphatic carbocycles. The number of ketones is 1. The van der Waals surface area contributed by atoms with E-state index >= 15 is 0 Å². The molecule has 0 fully saturated rings. The number of carbonyl (C=O) groups excluding carboxylic acids is 1. The van der Waals surface area contributed by atoms with E-state index in [-0.39, 0.29) is 12.2 Å². The lowest BCUT2D eigenvalue weighted by molar-refractivity contribution is -0.137. The van der Waals surface area contributed by atoms with Gasteiger partial charge < -0.3 is 10.4 Å². The number of carboxylic acid groups (broad SMARTS) is 1. The monoisotopic (exact) mass is 277 g/mol. The third-order valence-corrected chi connectivity index (χ3v) is 3.28. The molecule has 4 nitrogen and oxygen atoms in total. The van der Waals surface area contributed by atoms with E-state index in [2.05, 4.69) is 19.2 Å². The van der Waals surface area contributed by atoms with E-state index in [9.17, 15) is 9.59 Å². The summed E-state index contributed by atoms with van der Waals surface area (Å²) in [6.45, 7) is 6.75. The van der Waals surface area contributed by atoms with E-state index in [1.165, 1.54) is 5.56 Å². The third kappa shape index (κ3) is 4.78. The second-order valence-corrected chi connectivity index (χ2v) is 5.18. The molecule has 1 atom stereocenters. The molecule has 2 N–H and O–H groups in total. The summed E-state index contributed by atoms with van der Waals surface area (Å²) in [4.78, 5) is 23.0. The van der Waals surface area contributed by atoms with E-state index in [0.717, 1.165) is 0 Å². The number of hydrogen-bond donors (Lipinski definition) is 2. The zero-order chi connectivity index (χ0) is 15.1. The van der Waals surface area contributed by atoms with Crippen LogP contribution >= 0.6 is 0 Å². The Labute approximate surface area is 120 Å². The largest absolute Gasteiger partial charge is 0.481 e. The molecule has 0 aliphatic heterocycles. The summed E-state index contributed by atoms with van der Waals surface area (Å²) >= 11 is 0. The Kier molecular flexibility index (Phi) is 6.39. The van der Waals surface area contributed by atoms with Crippen LogP contribution in [0.15, 0.2) is 24.3 Å². The number of rotatable bonds is 8. The van der Waals surface area contributed by atoms with Crippen molar-refractivity contribution in [2.45, 2.75) is 45.6 Å². The SMILES string of the molecule is CCNC(CCC(=O)O)C(=O)c1ccc(C(C)C)cc1. The predicted octanol–water partition coefficient (Wildman–Crippen LogP) is 2.84. The fourth-order valence-corrected chi connectivity index (χ4v) is 2.07. The highest BCUT2D eigenvalue weighted by Crippen LogP contribution is 2.16. The minimum Gasteiger partial charge on any atom is -0.481 e. The first kappa shape index (κ1) is 16.4. The molecule has 1 aromatic carbocycles. The van der Waals surface area contributed by atoms with Crippen molar-refractivity contribution >= 4 is 11.8 Å². The number of aliphatic carboxylic acids is 1. The molecule has 0 radical (unpaired) electrons. The Bertz CT molecular complexity index is 451. The van der Waals surface area contributed by atoms with E-state index in [1.807, 2.05) is 31.2 Å². The van der Waals surface area contributed by atoms with Gasteiger partial charge in [-0.2, -0.15) is 0 Å². The number of carbonyl (C=O) groups is 2. The summed E-state index contributed by atoms with van der Waals surface area (Å²) in [6, 6.07) is 7.13. The molecule has 0 aromatic heterocycles. The summed E-state index contributed by atoms with van der Waals surface area (Å²) in [5, 5.41) is 11.8. The fraction of sp³-hybridized carbons (Fsp3) is 0.500. The van der Waals surface area contributed by atoms with Gasteiger partial charge in [-0.3, -0.25) is 9.59 Å². The molecule has 4 heteroatoms. The lowest BCUT2D eigenvalue weighted by Crippen LogP contribution is -2.37. The van der Waals surface area contributed by atoms with Gasteiger partial charge in [-0.1, -0.05) is 45.0 Å². The molecular weight excluding hydrogens is 254 g/mol. The summed E-state index contributed by atoms with van der Waals surface area (Å²) in [6.07, 6.45) is 0.307.